The van der Waals surface area contributed by atoms with Crippen LogP contribution in [0.1, 0.15) is 23.3 Å². The Morgan fingerprint density at radius 1 is 1.55 bits per heavy atom. The SMILES string of the molecule is Cn1nccc1C(=O)N1CC(CO)C2(CCNCC2)C1. The molecule has 0 saturated carbocycles. The number of aliphatic hydroxyl groups excluding tert-OH is 1. The first-order valence-electron chi connectivity index (χ1n) is 7.25. The maximum Gasteiger partial charge on any atom is 0.272 e. The summed E-state index contributed by atoms with van der Waals surface area (Å²) in [6.07, 6.45) is 3.72. The van der Waals surface area contributed by atoms with Crippen LogP contribution in [-0.4, -0.2) is 58.5 Å². The molecule has 20 heavy (non-hydrogen) atoms. The summed E-state index contributed by atoms with van der Waals surface area (Å²) in [4.78, 5) is 14.5. The fourth-order valence-corrected chi connectivity index (χ4v) is 3.68. The first-order chi connectivity index (χ1) is 9.66. The van der Waals surface area contributed by atoms with Crippen molar-refractivity contribution in [2.24, 2.45) is 18.4 Å². The van der Waals surface area contributed by atoms with Crippen molar-refractivity contribution < 1.29 is 9.90 Å². The quantitative estimate of drug-likeness (QED) is 0.789. The molecule has 3 rings (SSSR count). The van der Waals surface area contributed by atoms with E-state index in [0.717, 1.165) is 32.5 Å². The van der Waals surface area contributed by atoms with Gasteiger partial charge in [0.25, 0.3) is 5.91 Å². The van der Waals surface area contributed by atoms with Crippen molar-refractivity contribution in [3.63, 3.8) is 0 Å². The summed E-state index contributed by atoms with van der Waals surface area (Å²) in [6.45, 7) is 3.52. The first kappa shape index (κ1) is 13.6. The second-order valence-electron chi connectivity index (χ2n) is 6.02. The molecule has 6 nitrogen and oxygen atoms in total. The minimum Gasteiger partial charge on any atom is -0.396 e. The Morgan fingerprint density at radius 3 is 2.90 bits per heavy atom. The van der Waals surface area contributed by atoms with Gasteiger partial charge in [-0.3, -0.25) is 9.48 Å². The summed E-state index contributed by atoms with van der Waals surface area (Å²) in [6, 6.07) is 1.75. The first-order valence-corrected chi connectivity index (χ1v) is 7.25. The van der Waals surface area contributed by atoms with Crippen LogP contribution in [-0.2, 0) is 7.05 Å². The fourth-order valence-electron chi connectivity index (χ4n) is 3.68. The zero-order chi connectivity index (χ0) is 14.2. The molecule has 2 saturated heterocycles. The molecule has 0 aromatic carbocycles. The Labute approximate surface area is 118 Å². The van der Waals surface area contributed by atoms with E-state index < -0.39 is 0 Å². The molecule has 2 fully saturated rings. The summed E-state index contributed by atoms with van der Waals surface area (Å²) in [5.41, 5.74) is 0.710. The molecule has 1 spiro atoms. The van der Waals surface area contributed by atoms with Gasteiger partial charge in [0.15, 0.2) is 0 Å². The average molecular weight is 278 g/mol. The van der Waals surface area contributed by atoms with Gasteiger partial charge in [-0.2, -0.15) is 5.10 Å². The molecule has 3 heterocycles. The van der Waals surface area contributed by atoms with Crippen LogP contribution in [0.5, 0.6) is 0 Å². The van der Waals surface area contributed by atoms with Crippen molar-refractivity contribution in [2.45, 2.75) is 12.8 Å². The standard InChI is InChI=1S/C14H22N4O2/c1-17-12(2-5-16-17)13(20)18-8-11(9-19)14(10-18)3-6-15-7-4-14/h2,5,11,15,19H,3-4,6-10H2,1H3. The molecular formula is C14H22N4O2. The summed E-state index contributed by atoms with van der Waals surface area (Å²) in [5.74, 6) is 0.223. The van der Waals surface area contributed by atoms with Gasteiger partial charge in [0.2, 0.25) is 0 Å². The number of amides is 1. The Kier molecular flexibility index (Phi) is 3.52. The predicted molar refractivity (Wildman–Crippen MR) is 74.2 cm³/mol. The van der Waals surface area contributed by atoms with E-state index in [1.807, 2.05) is 4.90 Å². The molecule has 0 radical (unpaired) electrons. The lowest BCUT2D eigenvalue weighted by atomic mass is 9.71. The Morgan fingerprint density at radius 2 is 2.30 bits per heavy atom. The van der Waals surface area contributed by atoms with Crippen LogP contribution in [0.15, 0.2) is 12.3 Å². The Bertz CT molecular complexity index is 493. The third-order valence-electron chi connectivity index (χ3n) is 4.96. The number of hydrogen-bond donors (Lipinski definition) is 2. The molecule has 0 aliphatic carbocycles. The zero-order valence-corrected chi connectivity index (χ0v) is 11.9. The summed E-state index contributed by atoms with van der Waals surface area (Å²) in [5, 5.41) is 17.1. The van der Waals surface area contributed by atoms with Crippen molar-refractivity contribution in [3.8, 4) is 0 Å². The lowest BCUT2D eigenvalue weighted by Gasteiger charge is -2.37. The summed E-state index contributed by atoms with van der Waals surface area (Å²) in [7, 11) is 1.78. The van der Waals surface area contributed by atoms with Gasteiger partial charge in [-0.15, -0.1) is 0 Å². The predicted octanol–water partition coefficient (Wildman–Crippen LogP) is -0.146. The van der Waals surface area contributed by atoms with Gasteiger partial charge >= 0.3 is 0 Å². The van der Waals surface area contributed by atoms with E-state index in [4.69, 9.17) is 0 Å². The number of rotatable bonds is 2. The number of hydrogen-bond acceptors (Lipinski definition) is 4. The minimum atomic E-state index is 0.0267. The van der Waals surface area contributed by atoms with E-state index in [2.05, 4.69) is 10.4 Å². The van der Waals surface area contributed by atoms with E-state index in [9.17, 15) is 9.90 Å². The number of aromatic nitrogens is 2. The van der Waals surface area contributed by atoms with E-state index in [1.165, 1.54) is 0 Å². The Hall–Kier alpha value is -1.40. The van der Waals surface area contributed by atoms with Gasteiger partial charge in [-0.1, -0.05) is 0 Å². The van der Waals surface area contributed by atoms with Gasteiger partial charge in [0.05, 0.1) is 0 Å². The second-order valence-corrected chi connectivity index (χ2v) is 6.02. The average Bonchev–Trinajstić information content (AvgIpc) is 3.03. The number of aliphatic hydroxyl groups is 1. The molecule has 1 atom stereocenters. The summed E-state index contributed by atoms with van der Waals surface area (Å²) >= 11 is 0. The van der Waals surface area contributed by atoms with Crippen molar-refractivity contribution in [1.82, 2.24) is 20.0 Å². The number of likely N-dealkylation sites (tertiary alicyclic amines) is 1. The largest absolute Gasteiger partial charge is 0.396 e. The van der Waals surface area contributed by atoms with Crippen LogP contribution in [0, 0.1) is 11.3 Å². The van der Waals surface area contributed by atoms with Crippen LogP contribution in [0.4, 0.5) is 0 Å². The van der Waals surface area contributed by atoms with Crippen LogP contribution >= 0.6 is 0 Å². The van der Waals surface area contributed by atoms with Crippen LogP contribution < -0.4 is 5.32 Å². The van der Waals surface area contributed by atoms with Crippen molar-refractivity contribution in [2.75, 3.05) is 32.8 Å². The lowest BCUT2D eigenvalue weighted by molar-refractivity contribution is 0.0745. The van der Waals surface area contributed by atoms with E-state index in [1.54, 1.807) is 24.0 Å². The maximum atomic E-state index is 12.6. The van der Waals surface area contributed by atoms with Gasteiger partial charge in [0, 0.05) is 38.9 Å². The van der Waals surface area contributed by atoms with Gasteiger partial charge < -0.3 is 15.3 Å². The van der Waals surface area contributed by atoms with Crippen molar-refractivity contribution in [1.29, 1.82) is 0 Å². The van der Waals surface area contributed by atoms with Gasteiger partial charge in [-0.25, -0.2) is 0 Å². The van der Waals surface area contributed by atoms with Gasteiger partial charge in [0.1, 0.15) is 5.69 Å². The third kappa shape index (κ3) is 2.13. The monoisotopic (exact) mass is 278 g/mol. The molecule has 2 aliphatic heterocycles. The molecule has 1 aromatic heterocycles. The number of aryl methyl sites for hydroxylation is 1. The molecule has 2 N–H and O–H groups in total. The van der Waals surface area contributed by atoms with E-state index in [-0.39, 0.29) is 23.8 Å². The topological polar surface area (TPSA) is 70.4 Å². The minimum absolute atomic E-state index is 0.0267. The lowest BCUT2D eigenvalue weighted by Crippen LogP contribution is -2.43. The molecule has 0 bridgehead atoms. The second kappa shape index (κ2) is 5.18. The molecule has 1 amide bonds. The highest BCUT2D eigenvalue weighted by Crippen LogP contribution is 2.43. The van der Waals surface area contributed by atoms with Crippen LogP contribution in [0.2, 0.25) is 0 Å². The van der Waals surface area contributed by atoms with Gasteiger partial charge in [-0.05, 0) is 37.4 Å². The third-order valence-corrected chi connectivity index (χ3v) is 4.96. The summed E-state index contributed by atoms with van der Waals surface area (Å²) < 4.78 is 1.61. The molecule has 2 aliphatic rings. The molecule has 110 valence electrons. The molecule has 1 aromatic rings. The molecule has 1 unspecified atom stereocenters. The maximum absolute atomic E-state index is 12.6. The van der Waals surface area contributed by atoms with Crippen molar-refractivity contribution in [3.05, 3.63) is 18.0 Å². The number of piperidine rings is 1. The van der Waals surface area contributed by atoms with Crippen LogP contribution in [0.3, 0.4) is 0 Å². The number of nitrogens with one attached hydrogen (secondary N) is 1. The highest BCUT2D eigenvalue weighted by atomic mass is 16.3. The zero-order valence-electron chi connectivity index (χ0n) is 11.9. The number of nitrogens with zero attached hydrogens (tertiary/aromatic N) is 3. The number of carbonyl (C=O) groups is 1. The normalized spacial score (nSPS) is 25.3. The fraction of sp³-hybridized carbons (Fsp3) is 0.714. The smallest absolute Gasteiger partial charge is 0.272 e. The van der Waals surface area contributed by atoms with Crippen molar-refractivity contribution >= 4 is 5.91 Å². The van der Waals surface area contributed by atoms with E-state index in [0.29, 0.717) is 12.2 Å². The number of carbonyl (C=O) groups excluding carboxylic acids is 1. The van der Waals surface area contributed by atoms with E-state index >= 15 is 0 Å². The molecule has 6 heteroatoms. The highest BCUT2D eigenvalue weighted by Gasteiger charge is 2.48. The Balaban J connectivity index is 1.80. The molecular weight excluding hydrogens is 256 g/mol. The highest BCUT2D eigenvalue weighted by molar-refractivity contribution is 5.92. The van der Waals surface area contributed by atoms with Crippen LogP contribution in [0.25, 0.3) is 0 Å².